The molecule has 25 heavy (non-hydrogen) atoms. The Bertz CT molecular complexity index is 790. The molecule has 4 rings (SSSR count). The van der Waals surface area contributed by atoms with Crippen molar-refractivity contribution in [2.45, 2.75) is 25.8 Å². The van der Waals surface area contributed by atoms with Crippen molar-refractivity contribution in [1.29, 1.82) is 0 Å². The van der Waals surface area contributed by atoms with E-state index in [-0.39, 0.29) is 5.56 Å². The SMILES string of the molecule is CN1CCN(Cc2ccc(Nc3nc4c(c(=O)[nH]3)CCC4)cc2)CC1. The topological polar surface area (TPSA) is 64.3 Å². The van der Waals surface area contributed by atoms with E-state index in [2.05, 4.69) is 56.4 Å². The zero-order valence-electron chi connectivity index (χ0n) is 14.7. The number of nitrogens with zero attached hydrogens (tertiary/aromatic N) is 3. The molecule has 2 aliphatic rings. The number of aryl methyl sites for hydroxylation is 1. The van der Waals surface area contributed by atoms with Gasteiger partial charge in [-0.25, -0.2) is 4.98 Å². The molecule has 1 fully saturated rings. The van der Waals surface area contributed by atoms with Crippen molar-refractivity contribution in [3.63, 3.8) is 0 Å². The summed E-state index contributed by atoms with van der Waals surface area (Å²) in [5.41, 5.74) is 4.05. The van der Waals surface area contributed by atoms with Crippen LogP contribution >= 0.6 is 0 Å². The molecule has 2 N–H and O–H groups in total. The van der Waals surface area contributed by atoms with Gasteiger partial charge < -0.3 is 10.2 Å². The van der Waals surface area contributed by atoms with Crippen LogP contribution in [0.1, 0.15) is 23.2 Å². The van der Waals surface area contributed by atoms with Crippen LogP contribution in [0.4, 0.5) is 11.6 Å². The lowest BCUT2D eigenvalue weighted by molar-refractivity contribution is 0.148. The van der Waals surface area contributed by atoms with E-state index in [4.69, 9.17) is 0 Å². The monoisotopic (exact) mass is 339 g/mol. The Morgan fingerprint density at radius 1 is 1.12 bits per heavy atom. The molecular formula is C19H25N5O. The number of H-pyrrole nitrogens is 1. The molecule has 1 aromatic carbocycles. The maximum absolute atomic E-state index is 12.1. The number of benzene rings is 1. The normalized spacial score (nSPS) is 18.3. The summed E-state index contributed by atoms with van der Waals surface area (Å²) in [6.45, 7) is 5.50. The Hall–Kier alpha value is -2.18. The molecule has 2 heterocycles. The molecule has 0 bridgehead atoms. The van der Waals surface area contributed by atoms with Crippen molar-refractivity contribution < 1.29 is 0 Å². The fourth-order valence-corrected chi connectivity index (χ4v) is 3.60. The van der Waals surface area contributed by atoms with Crippen LogP contribution in [0, 0.1) is 0 Å². The smallest absolute Gasteiger partial charge is 0.255 e. The van der Waals surface area contributed by atoms with Crippen molar-refractivity contribution in [2.24, 2.45) is 0 Å². The lowest BCUT2D eigenvalue weighted by Crippen LogP contribution is -2.43. The predicted molar refractivity (Wildman–Crippen MR) is 99.4 cm³/mol. The van der Waals surface area contributed by atoms with Crippen molar-refractivity contribution in [2.75, 3.05) is 38.5 Å². The van der Waals surface area contributed by atoms with Gasteiger partial charge in [-0.3, -0.25) is 14.7 Å². The van der Waals surface area contributed by atoms with E-state index in [1.165, 1.54) is 5.56 Å². The Morgan fingerprint density at radius 2 is 1.88 bits per heavy atom. The van der Waals surface area contributed by atoms with E-state index in [0.717, 1.165) is 68.9 Å². The molecule has 1 aliphatic heterocycles. The van der Waals surface area contributed by atoms with E-state index in [1.807, 2.05) is 0 Å². The van der Waals surface area contributed by atoms with E-state index >= 15 is 0 Å². The first kappa shape index (κ1) is 16.3. The third kappa shape index (κ3) is 3.75. The van der Waals surface area contributed by atoms with Crippen LogP contribution in [0.15, 0.2) is 29.1 Å². The number of anilines is 2. The van der Waals surface area contributed by atoms with Gasteiger partial charge in [0.05, 0.1) is 5.69 Å². The van der Waals surface area contributed by atoms with E-state index < -0.39 is 0 Å². The largest absolute Gasteiger partial charge is 0.326 e. The van der Waals surface area contributed by atoms with Crippen molar-refractivity contribution >= 4 is 11.6 Å². The van der Waals surface area contributed by atoms with Gasteiger partial charge in [-0.15, -0.1) is 0 Å². The first-order valence-electron chi connectivity index (χ1n) is 9.06. The Kier molecular flexibility index (Phi) is 4.55. The van der Waals surface area contributed by atoms with E-state index in [1.54, 1.807) is 0 Å². The second-order valence-corrected chi connectivity index (χ2v) is 7.09. The highest BCUT2D eigenvalue weighted by molar-refractivity contribution is 5.54. The number of hydrogen-bond donors (Lipinski definition) is 2. The first-order valence-corrected chi connectivity index (χ1v) is 9.06. The molecule has 0 spiro atoms. The lowest BCUT2D eigenvalue weighted by atomic mass is 10.2. The highest BCUT2D eigenvalue weighted by Gasteiger charge is 2.17. The average Bonchev–Trinajstić information content (AvgIpc) is 3.08. The lowest BCUT2D eigenvalue weighted by Gasteiger charge is -2.32. The number of aromatic nitrogens is 2. The first-order chi connectivity index (χ1) is 12.2. The van der Waals surface area contributed by atoms with Gasteiger partial charge in [-0.2, -0.15) is 0 Å². The molecule has 0 amide bonds. The van der Waals surface area contributed by atoms with Crippen LogP contribution in [-0.2, 0) is 19.4 Å². The summed E-state index contributed by atoms with van der Waals surface area (Å²) in [6.07, 6.45) is 2.77. The second-order valence-electron chi connectivity index (χ2n) is 7.09. The number of aromatic amines is 1. The van der Waals surface area contributed by atoms with Crippen LogP contribution in [0.3, 0.4) is 0 Å². The molecule has 0 radical (unpaired) electrons. The minimum atomic E-state index is -0.00307. The van der Waals surface area contributed by atoms with Crippen LogP contribution < -0.4 is 10.9 Å². The summed E-state index contributed by atoms with van der Waals surface area (Å²) in [5.74, 6) is 0.539. The molecule has 6 heteroatoms. The van der Waals surface area contributed by atoms with Crippen LogP contribution in [-0.4, -0.2) is 53.0 Å². The number of rotatable bonds is 4. The van der Waals surface area contributed by atoms with Crippen LogP contribution in [0.2, 0.25) is 0 Å². The highest BCUT2D eigenvalue weighted by atomic mass is 16.1. The Labute approximate surface area is 147 Å². The van der Waals surface area contributed by atoms with E-state index in [9.17, 15) is 4.79 Å². The van der Waals surface area contributed by atoms with Gasteiger partial charge >= 0.3 is 0 Å². The standard InChI is InChI=1S/C19H25N5O/c1-23-9-11-24(12-10-23)13-14-5-7-15(8-6-14)20-19-21-17-4-2-3-16(17)18(25)22-19/h5-8H,2-4,9-13H2,1H3,(H2,20,21,22,25). The minimum absolute atomic E-state index is 0.00307. The van der Waals surface area contributed by atoms with Crippen molar-refractivity contribution in [3.8, 4) is 0 Å². The summed E-state index contributed by atoms with van der Waals surface area (Å²) in [7, 11) is 2.18. The fraction of sp³-hybridized carbons (Fsp3) is 0.474. The van der Waals surface area contributed by atoms with Crippen molar-refractivity contribution in [1.82, 2.24) is 19.8 Å². The Balaban J connectivity index is 1.41. The summed E-state index contributed by atoms with van der Waals surface area (Å²) < 4.78 is 0. The maximum Gasteiger partial charge on any atom is 0.255 e. The number of fused-ring (bicyclic) bond motifs is 1. The maximum atomic E-state index is 12.1. The summed E-state index contributed by atoms with van der Waals surface area (Å²) in [5, 5.41) is 3.22. The molecule has 1 aliphatic carbocycles. The average molecular weight is 339 g/mol. The van der Waals surface area contributed by atoms with E-state index in [0.29, 0.717) is 5.95 Å². The zero-order valence-corrected chi connectivity index (χ0v) is 14.7. The molecule has 2 aromatic rings. The minimum Gasteiger partial charge on any atom is -0.326 e. The molecular weight excluding hydrogens is 314 g/mol. The second kappa shape index (κ2) is 6.98. The van der Waals surface area contributed by atoms with Gasteiger partial charge in [0.15, 0.2) is 0 Å². The molecule has 0 saturated carbocycles. The number of piperazine rings is 1. The number of nitrogens with one attached hydrogen (secondary N) is 2. The molecule has 132 valence electrons. The van der Waals surface area contributed by atoms with Gasteiger partial charge in [0.25, 0.3) is 5.56 Å². The molecule has 0 unspecified atom stereocenters. The fourth-order valence-electron chi connectivity index (χ4n) is 3.60. The Morgan fingerprint density at radius 3 is 2.64 bits per heavy atom. The summed E-state index contributed by atoms with van der Waals surface area (Å²) in [4.78, 5) is 24.3. The third-order valence-corrected chi connectivity index (χ3v) is 5.16. The summed E-state index contributed by atoms with van der Waals surface area (Å²) >= 11 is 0. The third-order valence-electron chi connectivity index (χ3n) is 5.16. The van der Waals surface area contributed by atoms with Crippen LogP contribution in [0.5, 0.6) is 0 Å². The summed E-state index contributed by atoms with van der Waals surface area (Å²) in [6, 6.07) is 8.40. The van der Waals surface area contributed by atoms with Crippen molar-refractivity contribution in [3.05, 3.63) is 51.4 Å². The van der Waals surface area contributed by atoms with Gasteiger partial charge in [-0.1, -0.05) is 12.1 Å². The quantitative estimate of drug-likeness (QED) is 0.888. The number of hydrogen-bond acceptors (Lipinski definition) is 5. The van der Waals surface area contributed by atoms with Gasteiger partial charge in [0.2, 0.25) is 5.95 Å². The molecule has 1 saturated heterocycles. The molecule has 1 aromatic heterocycles. The van der Waals surface area contributed by atoms with Gasteiger partial charge in [-0.05, 0) is 44.0 Å². The van der Waals surface area contributed by atoms with Gasteiger partial charge in [0, 0.05) is 44.0 Å². The highest BCUT2D eigenvalue weighted by Crippen LogP contribution is 2.19. The molecule has 0 atom stereocenters. The molecule has 6 nitrogen and oxygen atoms in total. The van der Waals surface area contributed by atoms with Crippen LogP contribution in [0.25, 0.3) is 0 Å². The van der Waals surface area contributed by atoms with Gasteiger partial charge in [0.1, 0.15) is 0 Å². The number of likely N-dealkylation sites (N-methyl/N-ethyl adjacent to an activating group) is 1. The predicted octanol–water partition coefficient (Wildman–Crippen LogP) is 1.75. The zero-order chi connectivity index (χ0) is 17.2.